The third kappa shape index (κ3) is 4.99. The van der Waals surface area contributed by atoms with Crippen molar-refractivity contribution in [2.24, 2.45) is 0 Å². The SMILES string of the molecule is COCCNCC=Cc1ccc(Cl)c(Cl)c1. The van der Waals surface area contributed by atoms with Gasteiger partial charge < -0.3 is 10.1 Å². The van der Waals surface area contributed by atoms with E-state index in [1.54, 1.807) is 13.2 Å². The van der Waals surface area contributed by atoms with Gasteiger partial charge in [-0.2, -0.15) is 0 Å². The van der Waals surface area contributed by atoms with Gasteiger partial charge in [0.05, 0.1) is 16.7 Å². The van der Waals surface area contributed by atoms with Crippen molar-refractivity contribution in [3.8, 4) is 0 Å². The van der Waals surface area contributed by atoms with E-state index in [-0.39, 0.29) is 0 Å². The van der Waals surface area contributed by atoms with E-state index >= 15 is 0 Å². The van der Waals surface area contributed by atoms with Gasteiger partial charge >= 0.3 is 0 Å². The minimum Gasteiger partial charge on any atom is -0.383 e. The molecule has 16 heavy (non-hydrogen) atoms. The smallest absolute Gasteiger partial charge is 0.0598 e. The van der Waals surface area contributed by atoms with Crippen LogP contribution in [-0.4, -0.2) is 26.8 Å². The van der Waals surface area contributed by atoms with Crippen LogP contribution in [0, 0.1) is 0 Å². The average Bonchev–Trinajstić information content (AvgIpc) is 2.28. The molecule has 0 bridgehead atoms. The molecule has 88 valence electrons. The summed E-state index contributed by atoms with van der Waals surface area (Å²) in [5.41, 5.74) is 1.04. The Morgan fingerprint density at radius 3 is 2.81 bits per heavy atom. The highest BCUT2D eigenvalue weighted by Gasteiger charge is 1.95. The van der Waals surface area contributed by atoms with E-state index in [2.05, 4.69) is 5.32 Å². The van der Waals surface area contributed by atoms with Gasteiger partial charge in [0, 0.05) is 20.2 Å². The van der Waals surface area contributed by atoms with Crippen molar-refractivity contribution in [3.63, 3.8) is 0 Å². The molecule has 1 aromatic carbocycles. The van der Waals surface area contributed by atoms with E-state index < -0.39 is 0 Å². The fourth-order valence-electron chi connectivity index (χ4n) is 1.17. The maximum atomic E-state index is 5.90. The lowest BCUT2D eigenvalue weighted by Crippen LogP contribution is -2.18. The van der Waals surface area contributed by atoms with Crippen LogP contribution in [0.5, 0.6) is 0 Å². The lowest BCUT2D eigenvalue weighted by molar-refractivity contribution is 0.200. The van der Waals surface area contributed by atoms with E-state index in [0.717, 1.165) is 25.3 Å². The molecular weight excluding hydrogens is 245 g/mol. The Bertz CT molecular complexity index is 353. The first-order valence-electron chi connectivity index (χ1n) is 5.05. The normalized spacial score (nSPS) is 11.2. The van der Waals surface area contributed by atoms with Crippen molar-refractivity contribution in [1.29, 1.82) is 0 Å². The van der Waals surface area contributed by atoms with Crippen LogP contribution in [0.2, 0.25) is 10.0 Å². The van der Waals surface area contributed by atoms with Gasteiger partial charge in [0.2, 0.25) is 0 Å². The largest absolute Gasteiger partial charge is 0.383 e. The standard InChI is InChI=1S/C12H15Cl2NO/c1-16-8-7-15-6-2-3-10-4-5-11(13)12(14)9-10/h2-5,9,15H,6-8H2,1H3. The summed E-state index contributed by atoms with van der Waals surface area (Å²) in [5, 5.41) is 4.37. The van der Waals surface area contributed by atoms with Crippen LogP contribution >= 0.6 is 23.2 Å². The first-order valence-corrected chi connectivity index (χ1v) is 5.81. The summed E-state index contributed by atoms with van der Waals surface area (Å²) in [7, 11) is 1.69. The first-order chi connectivity index (χ1) is 7.74. The van der Waals surface area contributed by atoms with Crippen LogP contribution in [0.4, 0.5) is 0 Å². The zero-order chi connectivity index (χ0) is 11.8. The van der Waals surface area contributed by atoms with E-state index in [4.69, 9.17) is 27.9 Å². The maximum absolute atomic E-state index is 5.90. The van der Waals surface area contributed by atoms with Gasteiger partial charge in [-0.05, 0) is 17.7 Å². The molecule has 0 unspecified atom stereocenters. The zero-order valence-corrected chi connectivity index (χ0v) is 10.7. The third-order valence-electron chi connectivity index (χ3n) is 2.00. The Hall–Kier alpha value is -0.540. The van der Waals surface area contributed by atoms with Crippen molar-refractivity contribution in [1.82, 2.24) is 5.32 Å². The van der Waals surface area contributed by atoms with Gasteiger partial charge in [-0.15, -0.1) is 0 Å². The summed E-state index contributed by atoms with van der Waals surface area (Å²) in [4.78, 5) is 0. The summed E-state index contributed by atoms with van der Waals surface area (Å²) in [6, 6.07) is 5.57. The van der Waals surface area contributed by atoms with Crippen molar-refractivity contribution in [2.75, 3.05) is 26.8 Å². The molecule has 0 spiro atoms. The molecule has 0 aliphatic heterocycles. The molecule has 0 fully saturated rings. The predicted molar refractivity (Wildman–Crippen MR) is 70.2 cm³/mol. The van der Waals surface area contributed by atoms with Gasteiger partial charge in [-0.25, -0.2) is 0 Å². The second kappa shape index (κ2) is 7.69. The molecule has 0 atom stereocenters. The van der Waals surface area contributed by atoms with Gasteiger partial charge in [0.25, 0.3) is 0 Å². The number of rotatable bonds is 6. The highest BCUT2D eigenvalue weighted by Crippen LogP contribution is 2.22. The first kappa shape index (κ1) is 13.5. The summed E-state index contributed by atoms with van der Waals surface area (Å²) < 4.78 is 4.92. The summed E-state index contributed by atoms with van der Waals surface area (Å²) in [5.74, 6) is 0. The minimum absolute atomic E-state index is 0.580. The van der Waals surface area contributed by atoms with E-state index in [0.29, 0.717) is 10.0 Å². The second-order valence-corrected chi connectivity index (χ2v) is 4.09. The molecule has 1 rings (SSSR count). The van der Waals surface area contributed by atoms with Crippen LogP contribution in [0.3, 0.4) is 0 Å². The summed E-state index contributed by atoms with van der Waals surface area (Å²) in [6.45, 7) is 2.38. The molecule has 0 heterocycles. The van der Waals surface area contributed by atoms with E-state index in [1.165, 1.54) is 0 Å². The van der Waals surface area contributed by atoms with Crippen LogP contribution in [0.15, 0.2) is 24.3 Å². The van der Waals surface area contributed by atoms with Crippen molar-refractivity contribution >= 4 is 29.3 Å². The highest BCUT2D eigenvalue weighted by molar-refractivity contribution is 6.42. The number of ether oxygens (including phenoxy) is 1. The van der Waals surface area contributed by atoms with Crippen molar-refractivity contribution < 1.29 is 4.74 Å². The zero-order valence-electron chi connectivity index (χ0n) is 9.17. The maximum Gasteiger partial charge on any atom is 0.0598 e. The lowest BCUT2D eigenvalue weighted by atomic mass is 10.2. The van der Waals surface area contributed by atoms with Crippen LogP contribution in [0.1, 0.15) is 5.56 Å². The Morgan fingerprint density at radius 2 is 2.12 bits per heavy atom. The topological polar surface area (TPSA) is 21.3 Å². The predicted octanol–water partition coefficient (Wildman–Crippen LogP) is 3.24. The van der Waals surface area contributed by atoms with Crippen LogP contribution in [-0.2, 0) is 4.74 Å². The van der Waals surface area contributed by atoms with E-state index in [9.17, 15) is 0 Å². The molecule has 0 saturated heterocycles. The highest BCUT2D eigenvalue weighted by atomic mass is 35.5. The molecule has 0 radical (unpaired) electrons. The molecule has 4 heteroatoms. The van der Waals surface area contributed by atoms with Gasteiger partial charge in [-0.1, -0.05) is 41.4 Å². The number of nitrogens with one attached hydrogen (secondary N) is 1. The Labute approximate surface area is 106 Å². The summed E-state index contributed by atoms with van der Waals surface area (Å²) in [6.07, 6.45) is 4.04. The van der Waals surface area contributed by atoms with E-state index in [1.807, 2.05) is 24.3 Å². The molecule has 0 aromatic heterocycles. The second-order valence-electron chi connectivity index (χ2n) is 3.27. The number of hydrogen-bond donors (Lipinski definition) is 1. The Balaban J connectivity index is 2.35. The molecule has 2 nitrogen and oxygen atoms in total. The average molecular weight is 260 g/mol. The lowest BCUT2D eigenvalue weighted by Gasteiger charge is -2.00. The molecule has 1 aromatic rings. The summed E-state index contributed by atoms with van der Waals surface area (Å²) >= 11 is 11.7. The molecule has 0 saturated carbocycles. The van der Waals surface area contributed by atoms with Gasteiger partial charge in [0.1, 0.15) is 0 Å². The van der Waals surface area contributed by atoms with Gasteiger partial charge in [0.15, 0.2) is 0 Å². The quantitative estimate of drug-likeness (QED) is 0.793. The van der Waals surface area contributed by atoms with Crippen molar-refractivity contribution in [2.45, 2.75) is 0 Å². The fourth-order valence-corrected chi connectivity index (χ4v) is 1.48. The Kier molecular flexibility index (Phi) is 6.50. The number of halogens is 2. The number of benzene rings is 1. The third-order valence-corrected chi connectivity index (χ3v) is 2.74. The number of methoxy groups -OCH3 is 1. The van der Waals surface area contributed by atoms with Crippen molar-refractivity contribution in [3.05, 3.63) is 39.9 Å². The van der Waals surface area contributed by atoms with Crippen LogP contribution < -0.4 is 5.32 Å². The van der Waals surface area contributed by atoms with Gasteiger partial charge in [-0.3, -0.25) is 0 Å². The number of hydrogen-bond acceptors (Lipinski definition) is 2. The fraction of sp³-hybridized carbons (Fsp3) is 0.333. The molecule has 0 aliphatic rings. The molecule has 1 N–H and O–H groups in total. The Morgan fingerprint density at radius 1 is 1.31 bits per heavy atom. The molecular formula is C12H15Cl2NO. The van der Waals surface area contributed by atoms with Crippen LogP contribution in [0.25, 0.3) is 6.08 Å². The minimum atomic E-state index is 0.580. The monoisotopic (exact) mass is 259 g/mol. The molecule has 0 amide bonds. The molecule has 0 aliphatic carbocycles.